The molecule has 2 nitrogen and oxygen atoms in total. The van der Waals surface area contributed by atoms with Crippen LogP contribution < -0.4 is 5.32 Å². The lowest BCUT2D eigenvalue weighted by molar-refractivity contribution is 0.521. The van der Waals surface area contributed by atoms with Crippen molar-refractivity contribution in [3.63, 3.8) is 0 Å². The Morgan fingerprint density at radius 1 is 1.47 bits per heavy atom. The lowest BCUT2D eigenvalue weighted by atomic mass is 10.2. The molecule has 0 fully saturated rings. The number of nitrogens with one attached hydrogen (secondary N) is 1. The molecular formula is C14H17FN2. The first-order valence-electron chi connectivity index (χ1n) is 5.80. The first kappa shape index (κ1) is 11.9. The van der Waals surface area contributed by atoms with Crippen LogP contribution in [0.1, 0.15) is 13.0 Å². The molecule has 0 aliphatic carbocycles. The zero-order valence-corrected chi connectivity index (χ0v) is 9.99. The monoisotopic (exact) mass is 232 g/mol. The van der Waals surface area contributed by atoms with Crippen molar-refractivity contribution in [2.24, 2.45) is 0 Å². The number of fused-ring (bicyclic) bond motifs is 1. The van der Waals surface area contributed by atoms with Gasteiger partial charge in [-0.2, -0.15) is 0 Å². The number of rotatable bonds is 5. The molecule has 1 unspecified atom stereocenters. The SMILES string of the molecule is C=CCNCC(C)n1ccc2ccc(F)cc21. The molecule has 1 atom stereocenters. The molecule has 0 saturated carbocycles. The third kappa shape index (κ3) is 2.56. The fraction of sp³-hybridized carbons (Fsp3) is 0.286. The largest absolute Gasteiger partial charge is 0.343 e. The van der Waals surface area contributed by atoms with Crippen LogP contribution in [-0.2, 0) is 0 Å². The Balaban J connectivity index is 2.22. The summed E-state index contributed by atoms with van der Waals surface area (Å²) in [6.45, 7) is 7.40. The van der Waals surface area contributed by atoms with E-state index < -0.39 is 0 Å². The Morgan fingerprint density at radius 3 is 3.06 bits per heavy atom. The maximum atomic E-state index is 13.2. The zero-order chi connectivity index (χ0) is 12.3. The lowest BCUT2D eigenvalue weighted by Gasteiger charge is -2.15. The van der Waals surface area contributed by atoms with E-state index >= 15 is 0 Å². The predicted octanol–water partition coefficient (Wildman–Crippen LogP) is 3.12. The van der Waals surface area contributed by atoms with Crippen molar-refractivity contribution in [3.8, 4) is 0 Å². The number of benzene rings is 1. The normalized spacial score (nSPS) is 12.8. The molecule has 3 heteroatoms. The van der Waals surface area contributed by atoms with Gasteiger partial charge in [0.15, 0.2) is 0 Å². The minimum Gasteiger partial charge on any atom is -0.343 e. The summed E-state index contributed by atoms with van der Waals surface area (Å²) in [4.78, 5) is 0. The van der Waals surface area contributed by atoms with Crippen molar-refractivity contribution in [1.82, 2.24) is 9.88 Å². The summed E-state index contributed by atoms with van der Waals surface area (Å²) in [5, 5.41) is 4.34. The van der Waals surface area contributed by atoms with Gasteiger partial charge < -0.3 is 9.88 Å². The van der Waals surface area contributed by atoms with E-state index in [1.54, 1.807) is 6.07 Å². The van der Waals surface area contributed by atoms with Gasteiger partial charge in [0.25, 0.3) is 0 Å². The third-order valence-corrected chi connectivity index (χ3v) is 2.89. The number of hydrogen-bond acceptors (Lipinski definition) is 1. The second-order valence-electron chi connectivity index (χ2n) is 4.22. The number of nitrogens with zero attached hydrogens (tertiary/aromatic N) is 1. The molecule has 17 heavy (non-hydrogen) atoms. The first-order valence-corrected chi connectivity index (χ1v) is 5.80. The minimum atomic E-state index is -0.191. The van der Waals surface area contributed by atoms with Crippen LogP contribution in [0, 0.1) is 5.82 Å². The number of aromatic nitrogens is 1. The van der Waals surface area contributed by atoms with Crippen molar-refractivity contribution >= 4 is 10.9 Å². The average molecular weight is 232 g/mol. The fourth-order valence-corrected chi connectivity index (χ4v) is 2.00. The van der Waals surface area contributed by atoms with Gasteiger partial charge in [0.1, 0.15) is 5.82 Å². The number of halogens is 1. The highest BCUT2D eigenvalue weighted by Crippen LogP contribution is 2.20. The van der Waals surface area contributed by atoms with E-state index in [0.717, 1.165) is 24.0 Å². The fourth-order valence-electron chi connectivity index (χ4n) is 2.00. The van der Waals surface area contributed by atoms with Gasteiger partial charge in [0.2, 0.25) is 0 Å². The van der Waals surface area contributed by atoms with Gasteiger partial charge in [-0.15, -0.1) is 6.58 Å². The van der Waals surface area contributed by atoms with Gasteiger partial charge in [0.05, 0.1) is 5.52 Å². The average Bonchev–Trinajstić information content (AvgIpc) is 2.72. The molecule has 2 rings (SSSR count). The summed E-state index contributed by atoms with van der Waals surface area (Å²) >= 11 is 0. The van der Waals surface area contributed by atoms with Crippen LogP contribution in [0.25, 0.3) is 10.9 Å². The van der Waals surface area contributed by atoms with E-state index in [9.17, 15) is 4.39 Å². The van der Waals surface area contributed by atoms with E-state index in [0.29, 0.717) is 0 Å². The van der Waals surface area contributed by atoms with Crippen LogP contribution in [0.5, 0.6) is 0 Å². The maximum Gasteiger partial charge on any atom is 0.125 e. The maximum absolute atomic E-state index is 13.2. The summed E-state index contributed by atoms with van der Waals surface area (Å²) in [7, 11) is 0. The summed E-state index contributed by atoms with van der Waals surface area (Å²) in [5.41, 5.74) is 0.943. The van der Waals surface area contributed by atoms with Gasteiger partial charge in [-0.1, -0.05) is 6.08 Å². The van der Waals surface area contributed by atoms with Crippen LogP contribution in [0.15, 0.2) is 43.1 Å². The highest BCUT2D eigenvalue weighted by atomic mass is 19.1. The molecule has 0 spiro atoms. The second kappa shape index (κ2) is 5.15. The molecule has 0 saturated heterocycles. The Bertz CT molecular complexity index is 516. The summed E-state index contributed by atoms with van der Waals surface area (Å²) in [5.74, 6) is -0.191. The first-order chi connectivity index (χ1) is 8.22. The molecule has 0 aliphatic rings. The third-order valence-electron chi connectivity index (χ3n) is 2.89. The van der Waals surface area contributed by atoms with Gasteiger partial charge in [-0.25, -0.2) is 4.39 Å². The Hall–Kier alpha value is -1.61. The molecule has 0 amide bonds. The molecule has 1 aromatic heterocycles. The van der Waals surface area contributed by atoms with Gasteiger partial charge >= 0.3 is 0 Å². The Kier molecular flexibility index (Phi) is 3.59. The quantitative estimate of drug-likeness (QED) is 0.619. The molecule has 1 N–H and O–H groups in total. The van der Waals surface area contributed by atoms with E-state index in [-0.39, 0.29) is 11.9 Å². The van der Waals surface area contributed by atoms with Crippen LogP contribution in [0.3, 0.4) is 0 Å². The molecule has 2 aromatic rings. The van der Waals surface area contributed by atoms with Crippen molar-refractivity contribution < 1.29 is 4.39 Å². The van der Waals surface area contributed by atoms with Gasteiger partial charge in [-0.3, -0.25) is 0 Å². The summed E-state index contributed by atoms with van der Waals surface area (Å²) in [6.07, 6.45) is 3.84. The van der Waals surface area contributed by atoms with Crippen LogP contribution in [0.2, 0.25) is 0 Å². The topological polar surface area (TPSA) is 17.0 Å². The zero-order valence-electron chi connectivity index (χ0n) is 9.99. The highest BCUT2D eigenvalue weighted by Gasteiger charge is 2.08. The smallest absolute Gasteiger partial charge is 0.125 e. The van der Waals surface area contributed by atoms with Crippen molar-refractivity contribution in [3.05, 3.63) is 48.9 Å². The molecular weight excluding hydrogens is 215 g/mol. The van der Waals surface area contributed by atoms with Crippen molar-refractivity contribution in [2.45, 2.75) is 13.0 Å². The molecule has 90 valence electrons. The Morgan fingerprint density at radius 2 is 2.29 bits per heavy atom. The standard InChI is InChI=1S/C14H17FN2/c1-3-7-16-10-11(2)17-8-6-12-4-5-13(15)9-14(12)17/h3-6,8-9,11,16H,1,7,10H2,2H3. The van der Waals surface area contributed by atoms with E-state index in [1.807, 2.05) is 24.4 Å². The predicted molar refractivity (Wildman–Crippen MR) is 69.7 cm³/mol. The van der Waals surface area contributed by atoms with Gasteiger partial charge in [0, 0.05) is 25.3 Å². The van der Waals surface area contributed by atoms with Crippen LogP contribution in [0.4, 0.5) is 4.39 Å². The minimum absolute atomic E-state index is 0.191. The highest BCUT2D eigenvalue weighted by molar-refractivity contribution is 5.80. The van der Waals surface area contributed by atoms with E-state index in [4.69, 9.17) is 0 Å². The van der Waals surface area contributed by atoms with Gasteiger partial charge in [-0.05, 0) is 36.6 Å². The molecule has 0 radical (unpaired) electrons. The Labute approximate surface area is 101 Å². The molecule has 1 aromatic carbocycles. The van der Waals surface area contributed by atoms with Crippen LogP contribution >= 0.6 is 0 Å². The van der Waals surface area contributed by atoms with E-state index in [2.05, 4.69) is 23.4 Å². The molecule has 0 bridgehead atoms. The summed E-state index contributed by atoms with van der Waals surface area (Å²) < 4.78 is 15.3. The molecule has 1 heterocycles. The summed E-state index contributed by atoms with van der Waals surface area (Å²) in [6, 6.07) is 7.19. The van der Waals surface area contributed by atoms with Crippen LogP contribution in [-0.4, -0.2) is 17.7 Å². The second-order valence-corrected chi connectivity index (χ2v) is 4.22. The van der Waals surface area contributed by atoms with E-state index in [1.165, 1.54) is 6.07 Å². The molecule has 0 aliphatic heterocycles. The lowest BCUT2D eigenvalue weighted by Crippen LogP contribution is -2.23. The van der Waals surface area contributed by atoms with Crippen molar-refractivity contribution in [1.29, 1.82) is 0 Å². The van der Waals surface area contributed by atoms with Crippen molar-refractivity contribution in [2.75, 3.05) is 13.1 Å². The number of hydrogen-bond donors (Lipinski definition) is 1.